The third-order valence-corrected chi connectivity index (χ3v) is 2.42. The second-order valence-electron chi connectivity index (χ2n) is 5.66. The van der Waals surface area contributed by atoms with Gasteiger partial charge >= 0.3 is 6.18 Å². The summed E-state index contributed by atoms with van der Waals surface area (Å²) in [6.45, 7) is 5.56. The number of anilines is 1. The summed E-state index contributed by atoms with van der Waals surface area (Å²) >= 11 is 0. The average Bonchev–Trinajstić information content (AvgIpc) is 2.25. The molecule has 0 unspecified atom stereocenters. The van der Waals surface area contributed by atoms with E-state index in [-0.39, 0.29) is 23.4 Å². The van der Waals surface area contributed by atoms with Gasteiger partial charge in [-0.15, -0.1) is 0 Å². The van der Waals surface area contributed by atoms with E-state index in [4.69, 9.17) is 5.26 Å². The van der Waals surface area contributed by atoms with Crippen molar-refractivity contribution in [3.63, 3.8) is 0 Å². The number of halogens is 3. The fourth-order valence-corrected chi connectivity index (χ4v) is 1.64. The van der Waals surface area contributed by atoms with Gasteiger partial charge in [0.1, 0.15) is 0 Å². The summed E-state index contributed by atoms with van der Waals surface area (Å²) in [7, 11) is 0. The number of rotatable bonds is 2. The quantitative estimate of drug-likeness (QED) is 0.894. The fraction of sp³-hybridized carbons (Fsp3) is 0.429. The molecule has 6 heteroatoms. The summed E-state index contributed by atoms with van der Waals surface area (Å²) in [5.41, 5.74) is -1.74. The Morgan fingerprint density at radius 2 is 1.90 bits per heavy atom. The summed E-state index contributed by atoms with van der Waals surface area (Å²) < 4.78 is 38.3. The Morgan fingerprint density at radius 3 is 2.35 bits per heavy atom. The molecule has 20 heavy (non-hydrogen) atoms. The number of hydrogen-bond donors (Lipinski definition) is 1. The monoisotopic (exact) mass is 284 g/mol. The summed E-state index contributed by atoms with van der Waals surface area (Å²) in [6, 6.07) is 4.60. The van der Waals surface area contributed by atoms with Crippen LogP contribution in [0, 0.1) is 16.7 Å². The van der Waals surface area contributed by atoms with Gasteiger partial charge in [0.25, 0.3) is 0 Å². The van der Waals surface area contributed by atoms with Crippen molar-refractivity contribution in [2.75, 3.05) is 5.32 Å². The molecule has 1 aromatic rings. The molecule has 0 aliphatic carbocycles. The predicted molar refractivity (Wildman–Crippen MR) is 68.9 cm³/mol. The standard InChI is InChI=1S/C14H15F3N2O/c1-13(2,3)7-12(20)19-10-5-4-9(8-18)11(6-10)14(15,16)17/h4-6H,7H2,1-3H3,(H,19,20). The molecule has 0 spiro atoms. The second kappa shape index (κ2) is 5.53. The molecule has 0 aliphatic heterocycles. The van der Waals surface area contributed by atoms with Crippen LogP contribution in [0.2, 0.25) is 0 Å². The minimum absolute atomic E-state index is 0.0329. The summed E-state index contributed by atoms with van der Waals surface area (Å²) in [6.07, 6.45) is -4.44. The lowest BCUT2D eigenvalue weighted by Crippen LogP contribution is -2.20. The second-order valence-corrected chi connectivity index (χ2v) is 5.66. The lowest BCUT2D eigenvalue weighted by atomic mass is 9.92. The average molecular weight is 284 g/mol. The molecule has 3 nitrogen and oxygen atoms in total. The molecule has 1 amide bonds. The van der Waals surface area contributed by atoms with Gasteiger partial charge in [0.2, 0.25) is 5.91 Å². The molecule has 0 saturated carbocycles. The van der Waals surface area contributed by atoms with Crippen LogP contribution in [0.15, 0.2) is 18.2 Å². The van der Waals surface area contributed by atoms with Crippen molar-refractivity contribution < 1.29 is 18.0 Å². The van der Waals surface area contributed by atoms with Crippen LogP contribution in [-0.2, 0) is 11.0 Å². The van der Waals surface area contributed by atoms with Gasteiger partial charge in [-0.2, -0.15) is 18.4 Å². The van der Waals surface area contributed by atoms with Crippen LogP contribution >= 0.6 is 0 Å². The van der Waals surface area contributed by atoms with Crippen molar-refractivity contribution in [1.29, 1.82) is 5.26 Å². The lowest BCUT2D eigenvalue weighted by Gasteiger charge is -2.18. The van der Waals surface area contributed by atoms with Gasteiger partial charge < -0.3 is 5.32 Å². The highest BCUT2D eigenvalue weighted by atomic mass is 19.4. The minimum atomic E-state index is -4.63. The van der Waals surface area contributed by atoms with Crippen LogP contribution in [0.25, 0.3) is 0 Å². The van der Waals surface area contributed by atoms with Crippen molar-refractivity contribution >= 4 is 11.6 Å². The third-order valence-electron chi connectivity index (χ3n) is 2.42. The highest BCUT2D eigenvalue weighted by Crippen LogP contribution is 2.33. The van der Waals surface area contributed by atoms with Crippen LogP contribution < -0.4 is 5.32 Å². The van der Waals surface area contributed by atoms with Crippen molar-refractivity contribution in [3.8, 4) is 6.07 Å². The Labute approximate surface area is 115 Å². The summed E-state index contributed by atoms with van der Waals surface area (Å²) in [4.78, 5) is 11.7. The number of carbonyl (C=O) groups is 1. The Balaban J connectivity index is 3.00. The van der Waals surface area contributed by atoms with Gasteiger partial charge in [-0.1, -0.05) is 20.8 Å². The van der Waals surface area contributed by atoms with Crippen LogP contribution in [0.4, 0.5) is 18.9 Å². The highest BCUT2D eigenvalue weighted by molar-refractivity contribution is 5.91. The topological polar surface area (TPSA) is 52.9 Å². The first-order valence-electron chi connectivity index (χ1n) is 5.94. The third kappa shape index (κ3) is 4.57. The van der Waals surface area contributed by atoms with Gasteiger partial charge in [0.05, 0.1) is 17.2 Å². The van der Waals surface area contributed by atoms with Crippen LogP contribution in [0.3, 0.4) is 0 Å². The molecule has 0 radical (unpaired) electrons. The molecule has 0 atom stereocenters. The minimum Gasteiger partial charge on any atom is -0.326 e. The van der Waals surface area contributed by atoms with Crippen molar-refractivity contribution in [2.24, 2.45) is 5.41 Å². The molecular weight excluding hydrogens is 269 g/mol. The van der Waals surface area contributed by atoms with E-state index in [1.54, 1.807) is 0 Å². The maximum absolute atomic E-state index is 12.8. The smallest absolute Gasteiger partial charge is 0.326 e. The molecule has 1 rings (SSSR count). The molecule has 0 heterocycles. The van der Waals surface area contributed by atoms with Crippen LogP contribution in [0.5, 0.6) is 0 Å². The Morgan fingerprint density at radius 1 is 1.30 bits per heavy atom. The predicted octanol–water partition coefficient (Wildman–Crippen LogP) is 3.95. The van der Waals surface area contributed by atoms with Crippen molar-refractivity contribution in [2.45, 2.75) is 33.4 Å². The molecule has 1 aromatic carbocycles. The van der Waals surface area contributed by atoms with E-state index in [1.807, 2.05) is 20.8 Å². The molecule has 0 aromatic heterocycles. The summed E-state index contributed by atoms with van der Waals surface area (Å²) in [5.74, 6) is -0.365. The zero-order valence-corrected chi connectivity index (χ0v) is 11.4. The van der Waals surface area contributed by atoms with Gasteiger partial charge in [-0.3, -0.25) is 4.79 Å². The van der Waals surface area contributed by atoms with Gasteiger partial charge in [-0.05, 0) is 23.6 Å². The van der Waals surface area contributed by atoms with Crippen LogP contribution in [0.1, 0.15) is 38.3 Å². The van der Waals surface area contributed by atoms with E-state index in [0.717, 1.165) is 12.1 Å². The Hall–Kier alpha value is -2.03. The molecular formula is C14H15F3N2O. The zero-order valence-electron chi connectivity index (χ0n) is 11.4. The SMILES string of the molecule is CC(C)(C)CC(=O)Nc1ccc(C#N)c(C(F)(F)F)c1. The van der Waals surface area contributed by atoms with Crippen LogP contribution in [-0.4, -0.2) is 5.91 Å². The van der Waals surface area contributed by atoms with Crippen molar-refractivity contribution in [3.05, 3.63) is 29.3 Å². The Kier molecular flexibility index (Phi) is 4.43. The van der Waals surface area contributed by atoms with E-state index in [1.165, 1.54) is 12.1 Å². The largest absolute Gasteiger partial charge is 0.417 e. The maximum atomic E-state index is 12.8. The molecule has 0 fully saturated rings. The first-order valence-corrected chi connectivity index (χ1v) is 5.94. The number of benzene rings is 1. The molecule has 108 valence electrons. The normalized spacial score (nSPS) is 11.8. The highest BCUT2D eigenvalue weighted by Gasteiger charge is 2.34. The first-order chi connectivity index (χ1) is 9.03. The van der Waals surface area contributed by atoms with E-state index in [2.05, 4.69) is 5.32 Å². The number of nitrogens with zero attached hydrogens (tertiary/aromatic N) is 1. The van der Waals surface area contributed by atoms with Gasteiger partial charge in [0.15, 0.2) is 0 Å². The number of hydrogen-bond acceptors (Lipinski definition) is 2. The molecule has 0 saturated heterocycles. The maximum Gasteiger partial charge on any atom is 0.417 e. The number of nitrogens with one attached hydrogen (secondary N) is 1. The van der Waals surface area contributed by atoms with E-state index < -0.39 is 17.3 Å². The zero-order chi connectivity index (χ0) is 15.6. The number of amides is 1. The summed E-state index contributed by atoms with van der Waals surface area (Å²) in [5, 5.41) is 11.1. The van der Waals surface area contributed by atoms with E-state index in [0.29, 0.717) is 0 Å². The molecule has 1 N–H and O–H groups in total. The molecule has 0 bridgehead atoms. The number of alkyl halides is 3. The first kappa shape index (κ1) is 16.0. The van der Waals surface area contributed by atoms with Crippen molar-refractivity contribution in [1.82, 2.24) is 0 Å². The van der Waals surface area contributed by atoms with Gasteiger partial charge in [0, 0.05) is 12.1 Å². The van der Waals surface area contributed by atoms with E-state index >= 15 is 0 Å². The van der Waals surface area contributed by atoms with Gasteiger partial charge in [-0.25, -0.2) is 0 Å². The fourth-order valence-electron chi connectivity index (χ4n) is 1.64. The molecule has 0 aliphatic rings. The number of nitriles is 1. The number of carbonyl (C=O) groups excluding carboxylic acids is 1. The Bertz CT molecular complexity index is 551. The van der Waals surface area contributed by atoms with E-state index in [9.17, 15) is 18.0 Å². The lowest BCUT2D eigenvalue weighted by molar-refractivity contribution is -0.137.